The lowest BCUT2D eigenvalue weighted by atomic mass is 10.2. The predicted octanol–water partition coefficient (Wildman–Crippen LogP) is 3.14. The molecule has 2 rings (SSSR count). The molecule has 0 aliphatic carbocycles. The van der Waals surface area contributed by atoms with Crippen molar-refractivity contribution >= 4 is 33.0 Å². The molecular formula is C15H18N2O2S. The highest BCUT2D eigenvalue weighted by molar-refractivity contribution is 7.21. The fraction of sp³-hybridized carbons (Fsp3) is 0.267. The summed E-state index contributed by atoms with van der Waals surface area (Å²) < 4.78 is 6.15. The van der Waals surface area contributed by atoms with Gasteiger partial charge in [0.15, 0.2) is 0 Å². The Hall–Kier alpha value is -2.01. The lowest BCUT2D eigenvalue weighted by Crippen LogP contribution is -2.30. The number of fused-ring (bicyclic) bond motifs is 1. The molecule has 0 aliphatic rings. The molecule has 2 aromatic rings. The monoisotopic (exact) mass is 290 g/mol. The topological polar surface area (TPSA) is 55.6 Å². The summed E-state index contributed by atoms with van der Waals surface area (Å²) in [6.45, 7) is 6.76. The molecule has 0 radical (unpaired) electrons. The highest BCUT2D eigenvalue weighted by atomic mass is 32.1. The summed E-state index contributed by atoms with van der Waals surface area (Å²) in [5.41, 5.74) is 6.66. The molecule has 1 aromatic heterocycles. The summed E-state index contributed by atoms with van der Waals surface area (Å²) in [7, 11) is 1.62. The van der Waals surface area contributed by atoms with Crippen LogP contribution >= 0.6 is 11.3 Å². The van der Waals surface area contributed by atoms with E-state index in [4.69, 9.17) is 10.5 Å². The fourth-order valence-electron chi connectivity index (χ4n) is 2.04. The number of ether oxygens (including phenoxy) is 1. The molecule has 0 aliphatic heterocycles. The van der Waals surface area contributed by atoms with Crippen LogP contribution in [0, 0.1) is 0 Å². The molecule has 4 nitrogen and oxygen atoms in total. The minimum atomic E-state index is -0.0509. The molecule has 1 amide bonds. The normalized spacial score (nSPS) is 10.5. The Bertz CT molecular complexity index is 649. The average molecular weight is 290 g/mol. The summed E-state index contributed by atoms with van der Waals surface area (Å²) in [5, 5.41) is 0.897. The number of hydrogen-bond donors (Lipinski definition) is 1. The van der Waals surface area contributed by atoms with Crippen molar-refractivity contribution in [2.24, 2.45) is 0 Å². The molecule has 1 aromatic carbocycles. The third-order valence-corrected chi connectivity index (χ3v) is 4.30. The predicted molar refractivity (Wildman–Crippen MR) is 84.6 cm³/mol. The van der Waals surface area contributed by atoms with E-state index in [0.717, 1.165) is 15.8 Å². The molecule has 20 heavy (non-hydrogen) atoms. The Labute approximate surface area is 122 Å². The van der Waals surface area contributed by atoms with Crippen molar-refractivity contribution in [2.45, 2.75) is 6.92 Å². The quantitative estimate of drug-likeness (QED) is 0.861. The largest absolute Gasteiger partial charge is 0.497 e. The molecule has 5 heteroatoms. The van der Waals surface area contributed by atoms with Gasteiger partial charge >= 0.3 is 0 Å². The first-order valence-electron chi connectivity index (χ1n) is 6.38. The summed E-state index contributed by atoms with van der Waals surface area (Å²) >= 11 is 1.40. The first-order valence-corrected chi connectivity index (χ1v) is 7.20. The van der Waals surface area contributed by atoms with Crippen molar-refractivity contribution in [3.63, 3.8) is 0 Å². The maximum absolute atomic E-state index is 12.5. The molecule has 0 bridgehead atoms. The van der Waals surface area contributed by atoms with Gasteiger partial charge in [-0.2, -0.15) is 0 Å². The number of benzene rings is 1. The van der Waals surface area contributed by atoms with Gasteiger partial charge < -0.3 is 15.4 Å². The van der Waals surface area contributed by atoms with E-state index in [9.17, 15) is 4.79 Å². The number of nitrogens with two attached hydrogens (primary N) is 1. The van der Waals surface area contributed by atoms with Gasteiger partial charge in [-0.25, -0.2) is 0 Å². The molecule has 0 saturated carbocycles. The number of nitrogen functional groups attached to an aromatic ring is 1. The molecule has 0 atom stereocenters. The smallest absolute Gasteiger partial charge is 0.266 e. The van der Waals surface area contributed by atoms with Crippen LogP contribution in [-0.2, 0) is 0 Å². The molecule has 0 spiro atoms. The van der Waals surface area contributed by atoms with Gasteiger partial charge in [-0.1, -0.05) is 6.08 Å². The number of rotatable bonds is 5. The Morgan fingerprint density at radius 3 is 2.90 bits per heavy atom. The number of hydrogen-bond acceptors (Lipinski definition) is 4. The number of carbonyl (C=O) groups is 1. The van der Waals surface area contributed by atoms with Crippen molar-refractivity contribution in [2.75, 3.05) is 25.9 Å². The Balaban J connectivity index is 2.46. The van der Waals surface area contributed by atoms with Crippen molar-refractivity contribution in [1.82, 2.24) is 4.90 Å². The molecule has 1 heterocycles. The zero-order chi connectivity index (χ0) is 14.7. The lowest BCUT2D eigenvalue weighted by Gasteiger charge is -2.18. The van der Waals surface area contributed by atoms with Crippen LogP contribution in [0.1, 0.15) is 16.6 Å². The molecule has 0 saturated heterocycles. The zero-order valence-electron chi connectivity index (χ0n) is 11.7. The second-order valence-electron chi connectivity index (χ2n) is 4.34. The van der Waals surface area contributed by atoms with Crippen LogP contribution in [0.2, 0.25) is 0 Å². The number of thiophene rings is 1. The van der Waals surface area contributed by atoms with Crippen LogP contribution in [0.25, 0.3) is 10.1 Å². The van der Waals surface area contributed by atoms with E-state index in [1.165, 1.54) is 11.3 Å². The van der Waals surface area contributed by atoms with Crippen LogP contribution in [0.4, 0.5) is 5.69 Å². The fourth-order valence-corrected chi connectivity index (χ4v) is 3.16. The second-order valence-corrected chi connectivity index (χ2v) is 5.39. The van der Waals surface area contributed by atoms with Gasteiger partial charge in [-0.15, -0.1) is 17.9 Å². The van der Waals surface area contributed by atoms with E-state index in [-0.39, 0.29) is 5.91 Å². The molecular weight excluding hydrogens is 272 g/mol. The Kier molecular flexibility index (Phi) is 4.29. The molecule has 0 unspecified atom stereocenters. The van der Waals surface area contributed by atoms with Gasteiger partial charge in [-0.05, 0) is 25.1 Å². The van der Waals surface area contributed by atoms with Gasteiger partial charge in [0.05, 0.1) is 12.8 Å². The Morgan fingerprint density at radius 1 is 1.55 bits per heavy atom. The highest BCUT2D eigenvalue weighted by Crippen LogP contribution is 2.36. The van der Waals surface area contributed by atoms with Gasteiger partial charge in [0.2, 0.25) is 0 Å². The molecule has 2 N–H and O–H groups in total. The van der Waals surface area contributed by atoms with Crippen molar-refractivity contribution < 1.29 is 9.53 Å². The SMILES string of the molecule is C=CCN(CC)C(=O)c1sc2cc(OC)ccc2c1N. The number of anilines is 1. The maximum atomic E-state index is 12.5. The number of amides is 1. The van der Waals surface area contributed by atoms with Gasteiger partial charge in [0.1, 0.15) is 10.6 Å². The number of carbonyl (C=O) groups excluding carboxylic acids is 1. The van der Waals surface area contributed by atoms with Crippen molar-refractivity contribution in [3.05, 3.63) is 35.7 Å². The number of nitrogens with zero attached hydrogens (tertiary/aromatic N) is 1. The number of methoxy groups -OCH3 is 1. The first-order chi connectivity index (χ1) is 9.62. The second kappa shape index (κ2) is 5.96. The summed E-state index contributed by atoms with van der Waals surface area (Å²) in [6.07, 6.45) is 1.72. The van der Waals surface area contributed by atoms with E-state index in [1.54, 1.807) is 18.1 Å². The van der Waals surface area contributed by atoms with Crippen LogP contribution in [-0.4, -0.2) is 31.0 Å². The van der Waals surface area contributed by atoms with Crippen LogP contribution in [0.15, 0.2) is 30.9 Å². The van der Waals surface area contributed by atoms with E-state index in [1.807, 2.05) is 25.1 Å². The van der Waals surface area contributed by atoms with Crippen LogP contribution in [0.3, 0.4) is 0 Å². The van der Waals surface area contributed by atoms with E-state index >= 15 is 0 Å². The minimum absolute atomic E-state index is 0.0509. The van der Waals surface area contributed by atoms with E-state index < -0.39 is 0 Å². The molecule has 106 valence electrons. The lowest BCUT2D eigenvalue weighted by molar-refractivity contribution is 0.0788. The first kappa shape index (κ1) is 14.4. The van der Waals surface area contributed by atoms with Crippen molar-refractivity contribution in [3.8, 4) is 5.75 Å². The Morgan fingerprint density at radius 2 is 2.30 bits per heavy atom. The third-order valence-electron chi connectivity index (χ3n) is 3.15. The number of likely N-dealkylation sites (N-methyl/N-ethyl adjacent to an activating group) is 1. The van der Waals surface area contributed by atoms with Gasteiger partial charge in [-0.3, -0.25) is 4.79 Å². The third kappa shape index (κ3) is 2.49. The van der Waals surface area contributed by atoms with Crippen LogP contribution in [0.5, 0.6) is 5.75 Å². The zero-order valence-corrected chi connectivity index (χ0v) is 12.5. The average Bonchev–Trinajstić information content (AvgIpc) is 2.80. The van der Waals surface area contributed by atoms with Gasteiger partial charge in [0, 0.05) is 23.2 Å². The maximum Gasteiger partial charge on any atom is 0.266 e. The minimum Gasteiger partial charge on any atom is -0.497 e. The summed E-state index contributed by atoms with van der Waals surface area (Å²) in [6, 6.07) is 5.64. The summed E-state index contributed by atoms with van der Waals surface area (Å²) in [5.74, 6) is 0.709. The van der Waals surface area contributed by atoms with E-state index in [0.29, 0.717) is 23.7 Å². The molecule has 0 fully saturated rings. The standard InChI is InChI=1S/C15H18N2O2S/c1-4-8-17(5-2)15(18)14-13(16)11-7-6-10(19-3)9-12(11)20-14/h4,6-7,9H,1,5,8,16H2,2-3H3. The van der Waals surface area contributed by atoms with Crippen molar-refractivity contribution in [1.29, 1.82) is 0 Å². The van der Waals surface area contributed by atoms with E-state index in [2.05, 4.69) is 6.58 Å². The van der Waals surface area contributed by atoms with Gasteiger partial charge in [0.25, 0.3) is 5.91 Å². The summed E-state index contributed by atoms with van der Waals surface area (Å²) in [4.78, 5) is 14.8. The van der Waals surface area contributed by atoms with Crippen LogP contribution < -0.4 is 10.5 Å². The highest BCUT2D eigenvalue weighted by Gasteiger charge is 2.20.